The highest BCUT2D eigenvalue weighted by molar-refractivity contribution is 8.26. The highest BCUT2D eigenvalue weighted by Gasteiger charge is 2.34. The van der Waals surface area contributed by atoms with Gasteiger partial charge in [0, 0.05) is 36.7 Å². The van der Waals surface area contributed by atoms with E-state index in [0.29, 0.717) is 35.0 Å². The van der Waals surface area contributed by atoms with Gasteiger partial charge in [0.1, 0.15) is 11.5 Å². The maximum absolute atomic E-state index is 12.8. The molecule has 1 N–H and O–H groups in total. The highest BCUT2D eigenvalue weighted by Crippen LogP contribution is 2.33. The van der Waals surface area contributed by atoms with Gasteiger partial charge < -0.3 is 9.32 Å². The number of nitro benzene ring substituents is 1. The van der Waals surface area contributed by atoms with Crippen LogP contribution in [0.15, 0.2) is 45.7 Å². The van der Waals surface area contributed by atoms with Gasteiger partial charge in [-0.15, -0.1) is 0 Å². The van der Waals surface area contributed by atoms with Crippen LogP contribution in [0.3, 0.4) is 0 Å². The molecular weight excluding hydrogens is 464 g/mol. The number of rotatable bonds is 7. The molecule has 0 unspecified atom stereocenters. The summed E-state index contributed by atoms with van der Waals surface area (Å²) in [7, 11) is 0. The van der Waals surface area contributed by atoms with Gasteiger partial charge in [-0.1, -0.05) is 18.2 Å². The number of piperidine rings is 1. The Balaban J connectivity index is 1.37. The first-order chi connectivity index (χ1) is 15.9. The monoisotopic (exact) mass is 486 g/mol. The third-order valence-electron chi connectivity index (χ3n) is 5.40. The molecule has 1 aromatic carbocycles. The minimum Gasteiger partial charge on any atom is -0.457 e. The predicted octanol–water partition coefficient (Wildman–Crippen LogP) is 3.96. The number of likely N-dealkylation sites (tertiary alicyclic amines) is 1. The van der Waals surface area contributed by atoms with Crippen LogP contribution in [0.25, 0.3) is 17.4 Å². The van der Waals surface area contributed by atoms with Crippen LogP contribution in [-0.4, -0.2) is 50.6 Å². The Kier molecular flexibility index (Phi) is 7.21. The number of thioether (sulfide) groups is 1. The molecule has 0 spiro atoms. The smallest absolute Gasteiger partial charge is 0.285 e. The Morgan fingerprint density at radius 3 is 2.61 bits per heavy atom. The zero-order valence-electron chi connectivity index (χ0n) is 17.7. The van der Waals surface area contributed by atoms with E-state index in [1.54, 1.807) is 30.3 Å². The van der Waals surface area contributed by atoms with Gasteiger partial charge in [-0.25, -0.2) is 0 Å². The molecule has 33 heavy (non-hydrogen) atoms. The molecule has 0 saturated carbocycles. The normalized spacial score (nSPS) is 18.2. The number of carbonyl (C=O) groups excluding carboxylic acids is 2. The van der Waals surface area contributed by atoms with Gasteiger partial charge in [0.05, 0.1) is 9.83 Å². The van der Waals surface area contributed by atoms with Gasteiger partial charge in [0.25, 0.3) is 11.6 Å². The van der Waals surface area contributed by atoms with Crippen LogP contribution in [0.5, 0.6) is 0 Å². The van der Waals surface area contributed by atoms with Crippen LogP contribution < -0.4 is 5.43 Å². The van der Waals surface area contributed by atoms with Gasteiger partial charge in [0.2, 0.25) is 5.91 Å². The molecular formula is C22H22N4O5S2. The number of non-ortho nitro benzene ring substituents is 1. The lowest BCUT2D eigenvalue weighted by Crippen LogP contribution is -2.46. The second kappa shape index (κ2) is 10.3. The van der Waals surface area contributed by atoms with Crippen molar-refractivity contribution in [2.45, 2.75) is 25.7 Å². The van der Waals surface area contributed by atoms with Crippen LogP contribution in [0, 0.1) is 10.1 Å². The van der Waals surface area contributed by atoms with E-state index in [1.165, 1.54) is 18.6 Å². The number of amides is 2. The van der Waals surface area contributed by atoms with E-state index in [4.69, 9.17) is 16.6 Å². The molecule has 2 aromatic rings. The molecule has 0 aliphatic carbocycles. The minimum atomic E-state index is -0.466. The van der Waals surface area contributed by atoms with E-state index < -0.39 is 10.8 Å². The van der Waals surface area contributed by atoms with Crippen molar-refractivity contribution in [1.29, 1.82) is 0 Å². The predicted molar refractivity (Wildman–Crippen MR) is 129 cm³/mol. The molecule has 9 nitrogen and oxygen atoms in total. The summed E-state index contributed by atoms with van der Waals surface area (Å²) in [4.78, 5) is 38.0. The zero-order valence-corrected chi connectivity index (χ0v) is 19.3. The number of furan rings is 1. The largest absolute Gasteiger partial charge is 0.457 e. The lowest BCUT2D eigenvalue weighted by Gasteiger charge is -2.26. The number of hydrogen-bond donors (Lipinski definition) is 1. The van der Waals surface area contributed by atoms with Crippen LogP contribution in [-0.2, 0) is 9.59 Å². The van der Waals surface area contributed by atoms with Gasteiger partial charge in [-0.2, -0.15) is 5.01 Å². The number of benzene rings is 1. The summed E-state index contributed by atoms with van der Waals surface area (Å²) in [5.74, 6) is 0.277. The zero-order chi connectivity index (χ0) is 23.4. The van der Waals surface area contributed by atoms with Crippen molar-refractivity contribution in [2.75, 3.05) is 19.6 Å². The molecule has 172 valence electrons. The molecule has 2 fully saturated rings. The summed E-state index contributed by atoms with van der Waals surface area (Å²) in [5, 5.41) is 11.9. The van der Waals surface area contributed by atoms with Crippen molar-refractivity contribution in [1.82, 2.24) is 15.3 Å². The van der Waals surface area contributed by atoms with Crippen molar-refractivity contribution in [3.63, 3.8) is 0 Å². The lowest BCUT2D eigenvalue weighted by atomic mass is 10.1. The lowest BCUT2D eigenvalue weighted by molar-refractivity contribution is -0.384. The molecule has 3 heterocycles. The average Bonchev–Trinajstić information content (AvgIpc) is 3.39. The summed E-state index contributed by atoms with van der Waals surface area (Å²) < 4.78 is 6.02. The van der Waals surface area contributed by atoms with Crippen molar-refractivity contribution >= 4 is 51.9 Å². The molecule has 2 aliphatic rings. The Bertz CT molecular complexity index is 1110. The quantitative estimate of drug-likeness (QED) is 0.271. The molecule has 2 saturated heterocycles. The van der Waals surface area contributed by atoms with Crippen molar-refractivity contribution in [3.05, 3.63) is 57.2 Å². The van der Waals surface area contributed by atoms with E-state index in [0.717, 1.165) is 42.7 Å². The van der Waals surface area contributed by atoms with Crippen LogP contribution in [0.2, 0.25) is 0 Å². The van der Waals surface area contributed by atoms with Crippen molar-refractivity contribution in [3.8, 4) is 11.3 Å². The fraction of sp³-hybridized carbons (Fsp3) is 0.318. The molecule has 0 atom stereocenters. The third-order valence-corrected chi connectivity index (χ3v) is 6.70. The van der Waals surface area contributed by atoms with E-state index >= 15 is 0 Å². The van der Waals surface area contributed by atoms with Crippen LogP contribution >= 0.6 is 24.0 Å². The molecule has 1 aromatic heterocycles. The highest BCUT2D eigenvalue weighted by atomic mass is 32.2. The number of nitro groups is 1. The molecule has 11 heteroatoms. The maximum atomic E-state index is 12.8. The summed E-state index contributed by atoms with van der Waals surface area (Å²) in [6, 6.07) is 9.41. The Labute approximate surface area is 199 Å². The van der Waals surface area contributed by atoms with Crippen molar-refractivity contribution in [2.24, 2.45) is 0 Å². The third kappa shape index (κ3) is 5.67. The van der Waals surface area contributed by atoms with E-state index in [1.807, 2.05) is 0 Å². The second-order valence-electron chi connectivity index (χ2n) is 7.71. The fourth-order valence-electron chi connectivity index (χ4n) is 3.65. The van der Waals surface area contributed by atoms with E-state index in [-0.39, 0.29) is 15.9 Å². The molecule has 2 amide bonds. The standard InChI is InChI=1S/C22H22N4O5S2/c27-20(10-13-24-11-2-1-3-12-24)23-25-21(28)19(33-22(25)32)14-17-8-9-18(31-17)15-4-6-16(7-5-15)26(29)30/h4-9,14H,1-3,10-13H2,(H,23,27)/b19-14+. The topological polar surface area (TPSA) is 109 Å². The maximum Gasteiger partial charge on any atom is 0.285 e. The first-order valence-electron chi connectivity index (χ1n) is 10.6. The number of carbonyl (C=O) groups is 2. The summed E-state index contributed by atoms with van der Waals surface area (Å²) in [6.45, 7) is 2.67. The summed E-state index contributed by atoms with van der Waals surface area (Å²) >= 11 is 6.35. The number of hydrazine groups is 1. The Morgan fingerprint density at radius 2 is 1.91 bits per heavy atom. The molecule has 4 rings (SSSR count). The molecule has 0 bridgehead atoms. The van der Waals surface area contributed by atoms with Gasteiger partial charge in [0.15, 0.2) is 4.32 Å². The second-order valence-corrected chi connectivity index (χ2v) is 9.39. The fourth-order valence-corrected chi connectivity index (χ4v) is 4.81. The number of nitrogens with zero attached hydrogens (tertiary/aromatic N) is 3. The van der Waals surface area contributed by atoms with Crippen LogP contribution in [0.1, 0.15) is 31.4 Å². The minimum absolute atomic E-state index is 0.00724. The SMILES string of the molecule is O=C(CCN1CCCCC1)NN1C(=O)/C(=C\c2ccc(-c3ccc([N+](=O)[O-])cc3)o2)SC1=S. The Hall–Kier alpha value is -3.02. The first-order valence-corrected chi connectivity index (χ1v) is 11.8. The van der Waals surface area contributed by atoms with Crippen LogP contribution in [0.4, 0.5) is 5.69 Å². The van der Waals surface area contributed by atoms with Gasteiger partial charge in [-0.05, 0) is 62.4 Å². The van der Waals surface area contributed by atoms with E-state index in [9.17, 15) is 19.7 Å². The Morgan fingerprint density at radius 1 is 1.18 bits per heavy atom. The van der Waals surface area contributed by atoms with Gasteiger partial charge >= 0.3 is 0 Å². The first kappa shape index (κ1) is 23.1. The number of hydrogen-bond acceptors (Lipinski definition) is 8. The summed E-state index contributed by atoms with van der Waals surface area (Å²) in [6.07, 6.45) is 5.40. The molecule has 2 aliphatic heterocycles. The van der Waals surface area contributed by atoms with E-state index in [2.05, 4.69) is 10.3 Å². The number of thiocarbonyl (C=S) groups is 1. The molecule has 0 radical (unpaired) electrons. The average molecular weight is 487 g/mol. The summed E-state index contributed by atoms with van der Waals surface area (Å²) in [5.41, 5.74) is 3.28. The number of nitrogens with one attached hydrogen (secondary N) is 1. The van der Waals surface area contributed by atoms with Gasteiger partial charge in [-0.3, -0.25) is 25.1 Å². The van der Waals surface area contributed by atoms with Crippen molar-refractivity contribution < 1.29 is 18.9 Å².